The Kier molecular flexibility index (Phi) is 5.50. The van der Waals surface area contributed by atoms with Gasteiger partial charge in [-0.2, -0.15) is 0 Å². The van der Waals surface area contributed by atoms with Crippen LogP contribution in [-0.2, 0) is 16.0 Å². The van der Waals surface area contributed by atoms with E-state index in [-0.39, 0.29) is 5.97 Å². The number of aryl methyl sites for hydroxylation is 1. The zero-order valence-corrected chi connectivity index (χ0v) is 15.8. The molecule has 1 heterocycles. The van der Waals surface area contributed by atoms with Crippen LogP contribution in [-0.4, -0.2) is 24.7 Å². The van der Waals surface area contributed by atoms with Crippen molar-refractivity contribution in [1.82, 2.24) is 0 Å². The summed E-state index contributed by atoms with van der Waals surface area (Å²) in [5.74, 6) is 0.325. The fourth-order valence-electron chi connectivity index (χ4n) is 3.20. The largest absolute Gasteiger partial charge is 0.476 e. The monoisotopic (exact) mass is 353 g/mol. The lowest BCUT2D eigenvalue weighted by Crippen LogP contribution is -2.39. The van der Waals surface area contributed by atoms with E-state index in [0.29, 0.717) is 12.4 Å². The predicted molar refractivity (Wildman–Crippen MR) is 104 cm³/mol. The lowest BCUT2D eigenvalue weighted by Gasteiger charge is -2.31. The molecule has 4 heteroatoms. The maximum Gasteiger partial charge on any atom is 0.349 e. The Morgan fingerprint density at radius 2 is 1.85 bits per heavy atom. The zero-order valence-electron chi connectivity index (χ0n) is 15.8. The second kappa shape index (κ2) is 7.81. The molecule has 2 aromatic rings. The summed E-state index contributed by atoms with van der Waals surface area (Å²) in [5.41, 5.74) is 2.79. The summed E-state index contributed by atoms with van der Waals surface area (Å²) in [4.78, 5) is 14.5. The standard InChI is InChI=1S/C22H27NO3/c1-4-16-25-21(24)22(2,3)26-19-13-11-18(12-14-19)23-15-7-9-17-8-5-6-10-20(17)23/h5-6,8,10-14H,4,7,9,15-16H2,1-3H3. The minimum absolute atomic E-state index is 0.339. The Bertz CT molecular complexity index is 752. The highest BCUT2D eigenvalue weighted by atomic mass is 16.6. The molecule has 0 atom stereocenters. The zero-order chi connectivity index (χ0) is 18.6. The van der Waals surface area contributed by atoms with Crippen LogP contribution in [0.3, 0.4) is 0 Å². The van der Waals surface area contributed by atoms with E-state index >= 15 is 0 Å². The molecule has 138 valence electrons. The number of anilines is 2. The van der Waals surface area contributed by atoms with Crippen LogP contribution < -0.4 is 9.64 Å². The van der Waals surface area contributed by atoms with Crippen LogP contribution in [0.25, 0.3) is 0 Å². The van der Waals surface area contributed by atoms with Crippen molar-refractivity contribution in [3.05, 3.63) is 54.1 Å². The maximum atomic E-state index is 12.1. The van der Waals surface area contributed by atoms with Gasteiger partial charge in [0.2, 0.25) is 0 Å². The minimum Gasteiger partial charge on any atom is -0.476 e. The predicted octanol–water partition coefficient (Wildman–Crippen LogP) is 4.88. The number of ether oxygens (including phenoxy) is 2. The van der Waals surface area contributed by atoms with Crippen molar-refractivity contribution in [2.45, 2.75) is 45.6 Å². The van der Waals surface area contributed by atoms with Gasteiger partial charge in [0.1, 0.15) is 5.75 Å². The summed E-state index contributed by atoms with van der Waals surface area (Å²) in [7, 11) is 0. The first-order valence-corrected chi connectivity index (χ1v) is 9.33. The van der Waals surface area contributed by atoms with Gasteiger partial charge in [-0.05, 0) is 69.0 Å². The molecular formula is C22H27NO3. The molecule has 2 aromatic carbocycles. The second-order valence-corrected chi connectivity index (χ2v) is 7.13. The summed E-state index contributed by atoms with van der Waals surface area (Å²) in [6.45, 7) is 6.86. The van der Waals surface area contributed by atoms with E-state index in [2.05, 4.69) is 29.2 Å². The van der Waals surface area contributed by atoms with Crippen molar-refractivity contribution >= 4 is 17.3 Å². The van der Waals surface area contributed by atoms with Crippen molar-refractivity contribution in [1.29, 1.82) is 0 Å². The fourth-order valence-corrected chi connectivity index (χ4v) is 3.20. The lowest BCUT2D eigenvalue weighted by molar-refractivity contribution is -0.159. The van der Waals surface area contributed by atoms with E-state index in [1.165, 1.54) is 11.3 Å². The van der Waals surface area contributed by atoms with Gasteiger partial charge < -0.3 is 14.4 Å². The molecule has 0 radical (unpaired) electrons. The van der Waals surface area contributed by atoms with Gasteiger partial charge in [0.05, 0.1) is 6.61 Å². The van der Waals surface area contributed by atoms with E-state index < -0.39 is 5.60 Å². The number of para-hydroxylation sites is 1. The van der Waals surface area contributed by atoms with E-state index in [0.717, 1.165) is 31.5 Å². The Hall–Kier alpha value is -2.49. The average molecular weight is 353 g/mol. The van der Waals surface area contributed by atoms with Gasteiger partial charge in [0.25, 0.3) is 0 Å². The Morgan fingerprint density at radius 3 is 2.58 bits per heavy atom. The van der Waals surface area contributed by atoms with Crippen LogP contribution in [0.5, 0.6) is 5.75 Å². The van der Waals surface area contributed by atoms with Gasteiger partial charge >= 0.3 is 5.97 Å². The number of rotatable bonds is 6. The third kappa shape index (κ3) is 4.01. The SMILES string of the molecule is CCCOC(=O)C(C)(C)Oc1ccc(N2CCCc3ccccc32)cc1. The Labute approximate surface area is 155 Å². The summed E-state index contributed by atoms with van der Waals surface area (Å²) >= 11 is 0. The molecule has 0 saturated carbocycles. The molecule has 1 aliphatic heterocycles. The normalized spacial score (nSPS) is 13.9. The van der Waals surface area contributed by atoms with Gasteiger partial charge in [-0.25, -0.2) is 4.79 Å². The topological polar surface area (TPSA) is 38.8 Å². The first kappa shape index (κ1) is 18.3. The number of benzene rings is 2. The molecule has 4 nitrogen and oxygen atoms in total. The number of esters is 1. The molecule has 0 amide bonds. The number of carbonyl (C=O) groups is 1. The summed E-state index contributed by atoms with van der Waals surface area (Å²) in [6.07, 6.45) is 3.07. The third-order valence-corrected chi connectivity index (χ3v) is 4.56. The van der Waals surface area contributed by atoms with Crippen LogP contribution in [0.2, 0.25) is 0 Å². The number of fused-ring (bicyclic) bond motifs is 1. The highest BCUT2D eigenvalue weighted by molar-refractivity contribution is 5.79. The highest BCUT2D eigenvalue weighted by Crippen LogP contribution is 2.34. The molecular weight excluding hydrogens is 326 g/mol. The van der Waals surface area contributed by atoms with Gasteiger partial charge in [-0.1, -0.05) is 25.1 Å². The minimum atomic E-state index is -1.01. The van der Waals surface area contributed by atoms with Crippen LogP contribution in [0.1, 0.15) is 39.2 Å². The van der Waals surface area contributed by atoms with Crippen molar-refractivity contribution in [2.24, 2.45) is 0 Å². The van der Waals surface area contributed by atoms with Crippen LogP contribution >= 0.6 is 0 Å². The molecule has 1 aliphatic rings. The quantitative estimate of drug-likeness (QED) is 0.694. The summed E-state index contributed by atoms with van der Waals surface area (Å²) in [5, 5.41) is 0. The van der Waals surface area contributed by atoms with Gasteiger partial charge in [0, 0.05) is 17.9 Å². The molecule has 0 bridgehead atoms. The smallest absolute Gasteiger partial charge is 0.349 e. The van der Waals surface area contributed by atoms with Gasteiger partial charge in [-0.15, -0.1) is 0 Å². The summed E-state index contributed by atoms with van der Waals surface area (Å²) < 4.78 is 11.1. The lowest BCUT2D eigenvalue weighted by atomic mass is 10.0. The Balaban J connectivity index is 1.73. The second-order valence-electron chi connectivity index (χ2n) is 7.13. The van der Waals surface area contributed by atoms with Gasteiger partial charge in [-0.3, -0.25) is 0 Å². The molecule has 26 heavy (non-hydrogen) atoms. The van der Waals surface area contributed by atoms with Crippen LogP contribution in [0.4, 0.5) is 11.4 Å². The highest BCUT2D eigenvalue weighted by Gasteiger charge is 2.31. The molecule has 0 spiro atoms. The van der Waals surface area contributed by atoms with Crippen LogP contribution in [0.15, 0.2) is 48.5 Å². The number of carbonyl (C=O) groups excluding carboxylic acids is 1. The average Bonchev–Trinajstić information content (AvgIpc) is 2.66. The molecule has 0 unspecified atom stereocenters. The maximum absolute atomic E-state index is 12.1. The fraction of sp³-hybridized carbons (Fsp3) is 0.409. The molecule has 0 fully saturated rings. The van der Waals surface area contributed by atoms with Crippen LogP contribution in [0, 0.1) is 0 Å². The Morgan fingerprint density at radius 1 is 1.12 bits per heavy atom. The van der Waals surface area contributed by atoms with E-state index in [9.17, 15) is 4.79 Å². The number of nitrogens with zero attached hydrogens (tertiary/aromatic N) is 1. The third-order valence-electron chi connectivity index (χ3n) is 4.56. The molecule has 0 saturated heterocycles. The van der Waals surface area contributed by atoms with Gasteiger partial charge in [0.15, 0.2) is 5.60 Å². The first-order valence-electron chi connectivity index (χ1n) is 9.33. The molecule has 0 aromatic heterocycles. The summed E-state index contributed by atoms with van der Waals surface area (Å²) in [6, 6.07) is 16.5. The molecule has 0 aliphatic carbocycles. The van der Waals surface area contributed by atoms with E-state index in [1.54, 1.807) is 13.8 Å². The molecule has 0 N–H and O–H groups in total. The van der Waals surface area contributed by atoms with E-state index in [4.69, 9.17) is 9.47 Å². The first-order chi connectivity index (χ1) is 12.5. The number of hydrogen-bond acceptors (Lipinski definition) is 4. The van der Waals surface area contributed by atoms with Crippen molar-refractivity contribution < 1.29 is 14.3 Å². The van der Waals surface area contributed by atoms with Crippen molar-refractivity contribution in [2.75, 3.05) is 18.1 Å². The molecule has 3 rings (SSSR count). The van der Waals surface area contributed by atoms with Crippen molar-refractivity contribution in [3.63, 3.8) is 0 Å². The number of hydrogen-bond donors (Lipinski definition) is 0. The van der Waals surface area contributed by atoms with E-state index in [1.807, 2.05) is 31.2 Å². The van der Waals surface area contributed by atoms with Crippen molar-refractivity contribution in [3.8, 4) is 5.75 Å².